The number of piperidine rings is 1. The van der Waals surface area contributed by atoms with Gasteiger partial charge in [0, 0.05) is 43.5 Å². The van der Waals surface area contributed by atoms with E-state index in [0.29, 0.717) is 0 Å². The maximum atomic E-state index is 12.7. The molecule has 1 fully saturated rings. The van der Waals surface area contributed by atoms with Gasteiger partial charge in [0.2, 0.25) is 0 Å². The Morgan fingerprint density at radius 2 is 1.87 bits per heavy atom. The lowest BCUT2D eigenvalue weighted by atomic mass is 10.1. The van der Waals surface area contributed by atoms with Crippen molar-refractivity contribution < 1.29 is 0 Å². The Morgan fingerprint density at radius 3 is 2.61 bits per heavy atom. The highest BCUT2D eigenvalue weighted by atomic mass is 32.1. The standard InChI is InChI=1S/C17H18N4OS/c1-20-17(22)14-13(21-9-3-2-4-10-21)11-23-16(14)15(19-20)12-5-7-18-8-6-12/h5-8,11H,2-4,9-10H2,1H3. The lowest BCUT2D eigenvalue weighted by molar-refractivity contribution is 0.579. The zero-order valence-corrected chi connectivity index (χ0v) is 13.8. The minimum atomic E-state index is -0.0142. The van der Waals surface area contributed by atoms with E-state index in [9.17, 15) is 4.79 Å². The Labute approximate surface area is 138 Å². The number of pyridine rings is 1. The van der Waals surface area contributed by atoms with Crippen LogP contribution in [0.15, 0.2) is 34.7 Å². The van der Waals surface area contributed by atoms with Gasteiger partial charge in [-0.3, -0.25) is 9.78 Å². The Morgan fingerprint density at radius 1 is 1.13 bits per heavy atom. The van der Waals surface area contributed by atoms with Crippen LogP contribution in [0.25, 0.3) is 21.3 Å². The molecule has 0 atom stereocenters. The lowest BCUT2D eigenvalue weighted by Crippen LogP contribution is -2.30. The summed E-state index contributed by atoms with van der Waals surface area (Å²) in [5, 5.41) is 7.42. The Bertz CT molecular complexity index is 894. The van der Waals surface area contributed by atoms with Gasteiger partial charge < -0.3 is 4.90 Å². The molecule has 0 bridgehead atoms. The number of thiophene rings is 1. The van der Waals surface area contributed by atoms with Crippen LogP contribution >= 0.6 is 11.3 Å². The maximum absolute atomic E-state index is 12.7. The molecule has 1 aliphatic heterocycles. The van der Waals surface area contributed by atoms with Gasteiger partial charge in [-0.25, -0.2) is 4.68 Å². The van der Waals surface area contributed by atoms with Crippen LogP contribution < -0.4 is 10.5 Å². The van der Waals surface area contributed by atoms with Crippen LogP contribution in [-0.2, 0) is 7.05 Å². The SMILES string of the molecule is Cn1nc(-c2ccncc2)c2scc(N3CCCCC3)c2c1=O. The zero-order chi connectivity index (χ0) is 15.8. The van der Waals surface area contributed by atoms with Crippen molar-refractivity contribution in [2.45, 2.75) is 19.3 Å². The normalized spacial score (nSPS) is 15.3. The van der Waals surface area contributed by atoms with Crippen molar-refractivity contribution in [1.29, 1.82) is 0 Å². The number of rotatable bonds is 2. The third-order valence-electron chi connectivity index (χ3n) is 4.39. The van der Waals surface area contributed by atoms with E-state index < -0.39 is 0 Å². The van der Waals surface area contributed by atoms with Gasteiger partial charge in [0.15, 0.2) is 0 Å². The number of fused-ring (bicyclic) bond motifs is 1. The smallest absolute Gasteiger partial charge is 0.277 e. The van der Waals surface area contributed by atoms with Crippen molar-refractivity contribution in [3.63, 3.8) is 0 Å². The van der Waals surface area contributed by atoms with Gasteiger partial charge in [0.1, 0.15) is 5.69 Å². The second-order valence-electron chi connectivity index (χ2n) is 5.89. The zero-order valence-electron chi connectivity index (χ0n) is 13.0. The summed E-state index contributed by atoms with van der Waals surface area (Å²) in [4.78, 5) is 19.1. The van der Waals surface area contributed by atoms with Crippen LogP contribution in [0.3, 0.4) is 0 Å². The topological polar surface area (TPSA) is 51.0 Å². The Balaban J connectivity index is 1.95. The minimum absolute atomic E-state index is 0.0142. The quantitative estimate of drug-likeness (QED) is 0.726. The molecule has 0 amide bonds. The van der Waals surface area contributed by atoms with Crippen LogP contribution in [0.1, 0.15) is 19.3 Å². The molecule has 6 heteroatoms. The average molecular weight is 326 g/mol. The molecular weight excluding hydrogens is 308 g/mol. The Kier molecular flexibility index (Phi) is 3.61. The first-order valence-electron chi connectivity index (χ1n) is 7.89. The van der Waals surface area contributed by atoms with E-state index in [-0.39, 0.29) is 5.56 Å². The molecule has 4 rings (SSSR count). The summed E-state index contributed by atoms with van der Waals surface area (Å²) in [6.07, 6.45) is 7.18. The highest BCUT2D eigenvalue weighted by Gasteiger charge is 2.21. The largest absolute Gasteiger partial charge is 0.370 e. The maximum Gasteiger partial charge on any atom is 0.277 e. The highest BCUT2D eigenvalue weighted by Crippen LogP contribution is 2.36. The average Bonchev–Trinajstić information content (AvgIpc) is 3.05. The number of hydrogen-bond acceptors (Lipinski definition) is 5. The fourth-order valence-electron chi connectivity index (χ4n) is 3.20. The molecule has 0 unspecified atom stereocenters. The molecule has 0 radical (unpaired) electrons. The highest BCUT2D eigenvalue weighted by molar-refractivity contribution is 7.18. The van der Waals surface area contributed by atoms with E-state index in [1.54, 1.807) is 30.8 Å². The van der Waals surface area contributed by atoms with Crippen LogP contribution in [0.4, 0.5) is 5.69 Å². The molecule has 23 heavy (non-hydrogen) atoms. The van der Waals surface area contributed by atoms with Crippen LogP contribution in [0.5, 0.6) is 0 Å². The predicted molar refractivity (Wildman–Crippen MR) is 94.2 cm³/mol. The van der Waals surface area contributed by atoms with E-state index in [0.717, 1.165) is 40.1 Å². The molecule has 0 aliphatic carbocycles. The summed E-state index contributed by atoms with van der Waals surface area (Å²) in [6.45, 7) is 2.06. The van der Waals surface area contributed by atoms with Crippen molar-refractivity contribution >= 4 is 27.1 Å². The molecule has 0 N–H and O–H groups in total. The van der Waals surface area contributed by atoms with Gasteiger partial charge in [0.05, 0.1) is 15.8 Å². The van der Waals surface area contributed by atoms with Gasteiger partial charge in [-0.15, -0.1) is 11.3 Å². The molecule has 118 valence electrons. The first kappa shape index (κ1) is 14.4. The van der Waals surface area contributed by atoms with Gasteiger partial charge in [-0.1, -0.05) is 0 Å². The summed E-state index contributed by atoms with van der Waals surface area (Å²) >= 11 is 1.61. The molecule has 1 aliphatic rings. The summed E-state index contributed by atoms with van der Waals surface area (Å²) in [5.74, 6) is 0. The van der Waals surface area contributed by atoms with Crippen LogP contribution in [0.2, 0.25) is 0 Å². The summed E-state index contributed by atoms with van der Waals surface area (Å²) in [7, 11) is 1.73. The molecule has 0 spiro atoms. The molecule has 1 saturated heterocycles. The van der Waals surface area contributed by atoms with Crippen molar-refractivity contribution in [3.8, 4) is 11.3 Å². The summed E-state index contributed by atoms with van der Waals surface area (Å²) in [6, 6.07) is 3.87. The van der Waals surface area contributed by atoms with Crippen LogP contribution in [-0.4, -0.2) is 27.9 Å². The fraction of sp³-hybridized carbons (Fsp3) is 0.353. The van der Waals surface area contributed by atoms with Crippen molar-refractivity contribution in [2.24, 2.45) is 7.05 Å². The third-order valence-corrected chi connectivity index (χ3v) is 5.37. The fourth-order valence-corrected chi connectivity index (χ4v) is 4.27. The molecule has 3 aromatic rings. The van der Waals surface area contributed by atoms with Crippen molar-refractivity contribution in [2.75, 3.05) is 18.0 Å². The molecule has 0 saturated carbocycles. The summed E-state index contributed by atoms with van der Waals surface area (Å²) in [5.41, 5.74) is 2.91. The van der Waals surface area contributed by atoms with Gasteiger partial charge in [0.25, 0.3) is 5.56 Å². The molecule has 0 aromatic carbocycles. The number of aryl methyl sites for hydroxylation is 1. The first-order valence-corrected chi connectivity index (χ1v) is 8.77. The van der Waals surface area contributed by atoms with Crippen molar-refractivity contribution in [1.82, 2.24) is 14.8 Å². The van der Waals surface area contributed by atoms with E-state index in [1.165, 1.54) is 23.9 Å². The summed E-state index contributed by atoms with van der Waals surface area (Å²) < 4.78 is 2.43. The van der Waals surface area contributed by atoms with E-state index in [1.807, 2.05) is 12.1 Å². The predicted octanol–water partition coefficient (Wildman–Crippen LogP) is 3.05. The van der Waals surface area contributed by atoms with E-state index in [4.69, 9.17) is 0 Å². The van der Waals surface area contributed by atoms with Crippen molar-refractivity contribution in [3.05, 3.63) is 40.3 Å². The molecule has 4 heterocycles. The Hall–Kier alpha value is -2.21. The van der Waals surface area contributed by atoms with E-state index >= 15 is 0 Å². The molecular formula is C17H18N4OS. The van der Waals surface area contributed by atoms with E-state index in [2.05, 4.69) is 20.4 Å². The number of hydrogen-bond donors (Lipinski definition) is 0. The minimum Gasteiger partial charge on any atom is -0.370 e. The molecule has 3 aromatic heterocycles. The number of anilines is 1. The van der Waals surface area contributed by atoms with Crippen LogP contribution in [0, 0.1) is 0 Å². The second kappa shape index (κ2) is 5.77. The molecule has 5 nitrogen and oxygen atoms in total. The first-order chi connectivity index (χ1) is 11.3. The third kappa shape index (κ3) is 2.43. The van der Waals surface area contributed by atoms with Gasteiger partial charge >= 0.3 is 0 Å². The second-order valence-corrected chi connectivity index (χ2v) is 6.77. The van der Waals surface area contributed by atoms with Gasteiger partial charge in [-0.05, 0) is 31.4 Å². The number of aromatic nitrogens is 3. The van der Waals surface area contributed by atoms with Gasteiger partial charge in [-0.2, -0.15) is 5.10 Å². The monoisotopic (exact) mass is 326 g/mol. The number of nitrogens with zero attached hydrogens (tertiary/aromatic N) is 4. The lowest BCUT2D eigenvalue weighted by Gasteiger charge is -2.28.